The third-order valence-electron chi connectivity index (χ3n) is 6.59. The lowest BCUT2D eigenvalue weighted by molar-refractivity contribution is -0.117. The van der Waals surface area contributed by atoms with Gasteiger partial charge in [0.2, 0.25) is 5.91 Å². The van der Waals surface area contributed by atoms with Crippen molar-refractivity contribution >= 4 is 23.5 Å². The number of hydrogen-bond acceptors (Lipinski definition) is 6. The van der Waals surface area contributed by atoms with Crippen LogP contribution in [0.25, 0.3) is 11.1 Å². The number of anilines is 2. The standard InChI is InChI=1S/C29H38N6O3/c1-19-10-11-30-27(14-19)32-25-15-20(2)35(21(3)36)26-9-8-22(16-24(25)26)23-17-31-34(18-23)13-12-33(7)28(37)38-29(4,5)6/h8-11,14,16-18,20,25H,12-13,15H2,1-7H3,(H,30,32). The molecule has 1 N–H and O–H groups in total. The topological polar surface area (TPSA) is 92.6 Å². The Morgan fingerprint density at radius 1 is 1.18 bits per heavy atom. The van der Waals surface area contributed by atoms with Gasteiger partial charge in [0, 0.05) is 50.2 Å². The molecule has 2 aromatic heterocycles. The number of amides is 2. The fourth-order valence-electron chi connectivity index (χ4n) is 4.77. The first-order valence-corrected chi connectivity index (χ1v) is 13.0. The average molecular weight is 519 g/mol. The largest absolute Gasteiger partial charge is 0.444 e. The van der Waals surface area contributed by atoms with E-state index in [1.165, 1.54) is 0 Å². The number of aryl methyl sites for hydroxylation is 1. The first-order chi connectivity index (χ1) is 17.9. The number of nitrogens with one attached hydrogen (secondary N) is 1. The SMILES string of the molecule is CC(=O)N1c2ccc(-c3cnn(CCN(C)C(=O)OC(C)(C)C)c3)cc2C(Nc2cc(C)ccn2)CC1C. The van der Waals surface area contributed by atoms with Crippen LogP contribution in [-0.4, -0.2) is 56.9 Å². The van der Waals surface area contributed by atoms with Gasteiger partial charge in [0.15, 0.2) is 0 Å². The molecule has 0 aliphatic carbocycles. The van der Waals surface area contributed by atoms with Crippen molar-refractivity contribution in [3.05, 3.63) is 60.0 Å². The lowest BCUT2D eigenvalue weighted by atomic mass is 9.89. The summed E-state index contributed by atoms with van der Waals surface area (Å²) in [6.07, 6.45) is 6.02. The molecule has 0 saturated heterocycles. The number of nitrogens with zero attached hydrogens (tertiary/aromatic N) is 5. The maximum Gasteiger partial charge on any atom is 0.410 e. The number of likely N-dealkylation sites (N-methyl/N-ethyl adjacent to an activating group) is 1. The number of aromatic nitrogens is 3. The second kappa shape index (κ2) is 10.8. The van der Waals surface area contributed by atoms with Gasteiger partial charge >= 0.3 is 6.09 Å². The highest BCUT2D eigenvalue weighted by atomic mass is 16.6. The molecule has 9 heteroatoms. The van der Waals surface area contributed by atoms with Gasteiger partial charge in [0.1, 0.15) is 11.4 Å². The van der Waals surface area contributed by atoms with E-state index in [9.17, 15) is 9.59 Å². The quantitative estimate of drug-likeness (QED) is 0.469. The molecule has 4 rings (SSSR count). The van der Waals surface area contributed by atoms with Crippen molar-refractivity contribution in [2.45, 2.75) is 72.2 Å². The summed E-state index contributed by atoms with van der Waals surface area (Å²) in [4.78, 5) is 32.7. The number of carbonyl (C=O) groups is 2. The molecule has 0 bridgehead atoms. The molecular weight excluding hydrogens is 480 g/mol. The van der Waals surface area contributed by atoms with Gasteiger partial charge < -0.3 is 19.9 Å². The third kappa shape index (κ3) is 6.33. The lowest BCUT2D eigenvalue weighted by Crippen LogP contribution is -2.43. The second-order valence-electron chi connectivity index (χ2n) is 11.1. The van der Waals surface area contributed by atoms with E-state index < -0.39 is 5.60 Å². The van der Waals surface area contributed by atoms with Gasteiger partial charge in [-0.15, -0.1) is 0 Å². The molecule has 0 fully saturated rings. The van der Waals surface area contributed by atoms with Crippen molar-refractivity contribution in [2.24, 2.45) is 0 Å². The van der Waals surface area contributed by atoms with E-state index in [1.807, 2.05) is 73.9 Å². The zero-order chi connectivity index (χ0) is 27.6. The number of fused-ring (bicyclic) bond motifs is 1. The van der Waals surface area contributed by atoms with Crippen LogP contribution in [0.5, 0.6) is 0 Å². The van der Waals surface area contributed by atoms with E-state index in [1.54, 1.807) is 25.1 Å². The maximum absolute atomic E-state index is 12.5. The first-order valence-electron chi connectivity index (χ1n) is 13.0. The van der Waals surface area contributed by atoms with Gasteiger partial charge in [-0.2, -0.15) is 5.10 Å². The van der Waals surface area contributed by atoms with Gasteiger partial charge in [-0.25, -0.2) is 9.78 Å². The van der Waals surface area contributed by atoms with Gasteiger partial charge in [0.05, 0.1) is 18.8 Å². The van der Waals surface area contributed by atoms with Crippen LogP contribution in [0.4, 0.5) is 16.3 Å². The number of carbonyl (C=O) groups excluding carboxylic acids is 2. The molecule has 2 amide bonds. The van der Waals surface area contributed by atoms with Crippen LogP contribution in [0.15, 0.2) is 48.9 Å². The van der Waals surface area contributed by atoms with Crippen LogP contribution in [-0.2, 0) is 16.1 Å². The average Bonchev–Trinajstić information content (AvgIpc) is 3.30. The van der Waals surface area contributed by atoms with Gasteiger partial charge in [-0.3, -0.25) is 9.48 Å². The van der Waals surface area contributed by atoms with Crippen molar-refractivity contribution < 1.29 is 14.3 Å². The fraction of sp³-hybridized carbons (Fsp3) is 0.448. The normalized spacial score (nSPS) is 17.1. The molecular formula is C29H38N6O3. The van der Waals surface area contributed by atoms with Gasteiger partial charge in [-0.1, -0.05) is 6.07 Å². The summed E-state index contributed by atoms with van der Waals surface area (Å²) in [5.74, 6) is 0.845. The summed E-state index contributed by atoms with van der Waals surface area (Å²) in [5, 5.41) is 8.10. The van der Waals surface area contributed by atoms with Crippen molar-refractivity contribution in [3.63, 3.8) is 0 Å². The van der Waals surface area contributed by atoms with E-state index in [4.69, 9.17) is 4.74 Å². The van der Waals surface area contributed by atoms with Gasteiger partial charge in [-0.05, 0) is 82.0 Å². The molecule has 2 atom stereocenters. The maximum atomic E-state index is 12.5. The Bertz CT molecular complexity index is 1310. The Labute approximate surface area is 224 Å². The minimum Gasteiger partial charge on any atom is -0.444 e. The summed E-state index contributed by atoms with van der Waals surface area (Å²) >= 11 is 0. The summed E-state index contributed by atoms with van der Waals surface area (Å²) in [6, 6.07) is 10.3. The van der Waals surface area contributed by atoms with Crippen LogP contribution >= 0.6 is 0 Å². The number of pyridine rings is 1. The second-order valence-corrected chi connectivity index (χ2v) is 11.1. The molecule has 202 valence electrons. The number of hydrogen-bond donors (Lipinski definition) is 1. The van der Waals surface area contributed by atoms with E-state index >= 15 is 0 Å². The van der Waals surface area contributed by atoms with Crippen LogP contribution in [0, 0.1) is 6.92 Å². The summed E-state index contributed by atoms with van der Waals surface area (Å²) in [6.45, 7) is 12.3. The zero-order valence-electron chi connectivity index (χ0n) is 23.4. The number of benzene rings is 1. The van der Waals surface area contributed by atoms with E-state index in [0.717, 1.165) is 40.2 Å². The molecule has 0 saturated carbocycles. The van der Waals surface area contributed by atoms with Crippen molar-refractivity contribution in [2.75, 3.05) is 23.8 Å². The Morgan fingerprint density at radius 2 is 1.95 bits per heavy atom. The van der Waals surface area contributed by atoms with Crippen molar-refractivity contribution in [3.8, 4) is 11.1 Å². The summed E-state index contributed by atoms with van der Waals surface area (Å²) in [7, 11) is 1.72. The predicted molar refractivity (Wildman–Crippen MR) is 149 cm³/mol. The highest BCUT2D eigenvalue weighted by Gasteiger charge is 2.33. The Balaban J connectivity index is 1.56. The van der Waals surface area contributed by atoms with Crippen molar-refractivity contribution in [1.29, 1.82) is 0 Å². The fourth-order valence-corrected chi connectivity index (χ4v) is 4.77. The highest BCUT2D eigenvalue weighted by Crippen LogP contribution is 2.41. The molecule has 2 unspecified atom stereocenters. The smallest absolute Gasteiger partial charge is 0.410 e. The van der Waals surface area contributed by atoms with Crippen LogP contribution < -0.4 is 10.2 Å². The predicted octanol–water partition coefficient (Wildman–Crippen LogP) is 5.42. The Morgan fingerprint density at radius 3 is 2.63 bits per heavy atom. The van der Waals surface area contributed by atoms with Crippen LogP contribution in [0.1, 0.15) is 58.2 Å². The third-order valence-corrected chi connectivity index (χ3v) is 6.59. The summed E-state index contributed by atoms with van der Waals surface area (Å²) < 4.78 is 7.25. The van der Waals surface area contributed by atoms with Gasteiger partial charge in [0.25, 0.3) is 0 Å². The molecule has 1 aliphatic heterocycles. The van der Waals surface area contributed by atoms with Crippen LogP contribution in [0.3, 0.4) is 0 Å². The first kappa shape index (κ1) is 27.2. The molecule has 3 aromatic rings. The Kier molecular flexibility index (Phi) is 7.76. The lowest BCUT2D eigenvalue weighted by Gasteiger charge is -2.39. The molecule has 0 spiro atoms. The summed E-state index contributed by atoms with van der Waals surface area (Å²) in [5.41, 5.74) is 4.54. The molecule has 0 radical (unpaired) electrons. The molecule has 1 aromatic carbocycles. The monoisotopic (exact) mass is 518 g/mol. The van der Waals surface area contributed by atoms with E-state index in [2.05, 4.69) is 28.4 Å². The number of rotatable bonds is 6. The minimum absolute atomic E-state index is 0.00220. The number of ether oxygens (including phenoxy) is 1. The molecule has 38 heavy (non-hydrogen) atoms. The van der Waals surface area contributed by atoms with Crippen molar-refractivity contribution in [1.82, 2.24) is 19.7 Å². The highest BCUT2D eigenvalue weighted by molar-refractivity contribution is 5.94. The van der Waals surface area contributed by atoms with Crippen LogP contribution in [0.2, 0.25) is 0 Å². The zero-order valence-corrected chi connectivity index (χ0v) is 23.4. The minimum atomic E-state index is -0.533. The molecule has 9 nitrogen and oxygen atoms in total. The molecule has 1 aliphatic rings. The Hall–Kier alpha value is -3.88. The molecule has 3 heterocycles. The van der Waals surface area contributed by atoms with E-state index in [-0.39, 0.29) is 24.1 Å². The van der Waals surface area contributed by atoms with E-state index in [0.29, 0.717) is 13.1 Å².